The molecule has 0 N–H and O–H groups in total. The second-order valence-electron chi connectivity index (χ2n) is 6.81. The summed E-state index contributed by atoms with van der Waals surface area (Å²) in [5.74, 6) is 0. The van der Waals surface area contributed by atoms with E-state index < -0.39 is 5.60 Å². The average molecular weight is 405 g/mol. The van der Waals surface area contributed by atoms with Crippen molar-refractivity contribution in [1.82, 2.24) is 4.90 Å². The van der Waals surface area contributed by atoms with E-state index in [1.54, 1.807) is 4.90 Å². The fourth-order valence-corrected chi connectivity index (χ4v) is 3.68. The van der Waals surface area contributed by atoms with Crippen LogP contribution in [-0.4, -0.2) is 42.4 Å². The highest BCUT2D eigenvalue weighted by Crippen LogP contribution is 2.27. The number of ether oxygens (including phenoxy) is 2. The molecule has 0 saturated carbocycles. The number of carbonyl (C=O) groups is 1. The lowest BCUT2D eigenvalue weighted by atomic mass is 10.0. The lowest BCUT2D eigenvalue weighted by molar-refractivity contribution is -0.0416. The minimum absolute atomic E-state index is 0.0487. The molecule has 128 valence electrons. The van der Waals surface area contributed by atoms with E-state index in [-0.39, 0.29) is 12.2 Å². The second kappa shape index (κ2) is 7.41. The number of carbonyl (C=O) groups excluding carboxylic acids is 1. The van der Waals surface area contributed by atoms with Gasteiger partial charge in [0.05, 0.1) is 19.3 Å². The fourth-order valence-electron chi connectivity index (χ4n) is 2.55. The van der Waals surface area contributed by atoms with Gasteiger partial charge in [-0.1, -0.05) is 27.5 Å². The van der Waals surface area contributed by atoms with Gasteiger partial charge in [0.2, 0.25) is 0 Å². The molecule has 1 aromatic carbocycles. The van der Waals surface area contributed by atoms with Crippen LogP contribution in [0.3, 0.4) is 0 Å². The maximum absolute atomic E-state index is 12.2. The highest BCUT2D eigenvalue weighted by molar-refractivity contribution is 9.10. The van der Waals surface area contributed by atoms with Gasteiger partial charge in [-0.15, -0.1) is 0 Å². The number of aryl methyl sites for hydroxylation is 1. The summed E-state index contributed by atoms with van der Waals surface area (Å²) in [6.07, 6.45) is 0.397. The predicted octanol–water partition coefficient (Wildman–Crippen LogP) is 4.59. The molecule has 2 rings (SSSR count). The number of nitrogens with zero attached hydrogens (tertiary/aromatic N) is 1. The zero-order chi connectivity index (χ0) is 17.2. The van der Waals surface area contributed by atoms with Crippen LogP contribution in [0, 0.1) is 6.92 Å². The Labute approximate surface area is 151 Å². The zero-order valence-corrected chi connectivity index (χ0v) is 16.3. The monoisotopic (exact) mass is 403 g/mol. The maximum atomic E-state index is 12.2. The average Bonchev–Trinajstić information content (AvgIpc) is 2.41. The van der Waals surface area contributed by atoms with Gasteiger partial charge in [0.15, 0.2) is 0 Å². The standard InChI is InChI=1S/C17H23BrClNO3/c1-11-7-12(19)8-15(18)14(11)9-13-10-20(5-6-22-13)16(21)23-17(2,3)4/h7-8,13H,5-6,9-10H2,1-4H3/t13-/m1/s1. The Hall–Kier alpha value is -0.780. The normalized spacial score (nSPS) is 18.9. The van der Waals surface area contributed by atoms with Crippen molar-refractivity contribution in [2.24, 2.45) is 0 Å². The van der Waals surface area contributed by atoms with Crippen molar-refractivity contribution in [3.63, 3.8) is 0 Å². The smallest absolute Gasteiger partial charge is 0.410 e. The van der Waals surface area contributed by atoms with Gasteiger partial charge in [-0.25, -0.2) is 4.79 Å². The molecule has 0 radical (unpaired) electrons. The maximum Gasteiger partial charge on any atom is 0.410 e. The molecule has 0 bridgehead atoms. The van der Waals surface area contributed by atoms with Crippen LogP contribution in [0.2, 0.25) is 5.02 Å². The van der Waals surface area contributed by atoms with Crippen molar-refractivity contribution >= 4 is 33.6 Å². The van der Waals surface area contributed by atoms with Crippen molar-refractivity contribution in [3.8, 4) is 0 Å². The van der Waals surface area contributed by atoms with Gasteiger partial charge in [0.1, 0.15) is 5.60 Å². The molecule has 4 nitrogen and oxygen atoms in total. The van der Waals surface area contributed by atoms with Crippen molar-refractivity contribution in [3.05, 3.63) is 32.8 Å². The van der Waals surface area contributed by atoms with Crippen LogP contribution < -0.4 is 0 Å². The number of halogens is 2. The molecule has 0 unspecified atom stereocenters. The van der Waals surface area contributed by atoms with Crippen LogP contribution in [0.5, 0.6) is 0 Å². The Bertz CT molecular complexity index is 563. The number of rotatable bonds is 2. The number of benzene rings is 1. The summed E-state index contributed by atoms with van der Waals surface area (Å²) in [5, 5.41) is 0.707. The summed E-state index contributed by atoms with van der Waals surface area (Å²) >= 11 is 9.62. The second-order valence-corrected chi connectivity index (χ2v) is 8.10. The van der Waals surface area contributed by atoms with E-state index in [0.29, 0.717) is 24.7 Å². The third-order valence-electron chi connectivity index (χ3n) is 3.61. The molecular weight excluding hydrogens is 382 g/mol. The summed E-state index contributed by atoms with van der Waals surface area (Å²) in [6, 6.07) is 3.83. The lowest BCUT2D eigenvalue weighted by Crippen LogP contribution is -2.48. The molecule has 1 aliphatic heterocycles. The Kier molecular flexibility index (Phi) is 5.98. The first-order valence-corrected chi connectivity index (χ1v) is 8.87. The van der Waals surface area contributed by atoms with Gasteiger partial charge < -0.3 is 14.4 Å². The first-order chi connectivity index (χ1) is 10.7. The van der Waals surface area contributed by atoms with E-state index >= 15 is 0 Å². The fraction of sp³-hybridized carbons (Fsp3) is 0.588. The van der Waals surface area contributed by atoms with Gasteiger partial charge in [-0.3, -0.25) is 0 Å². The molecule has 0 spiro atoms. The quantitative estimate of drug-likeness (QED) is 0.723. The summed E-state index contributed by atoms with van der Waals surface area (Å²) in [7, 11) is 0. The third-order valence-corrected chi connectivity index (χ3v) is 4.53. The Balaban J connectivity index is 2.03. The molecular formula is C17H23BrClNO3. The molecule has 1 amide bonds. The van der Waals surface area contributed by atoms with Crippen molar-refractivity contribution < 1.29 is 14.3 Å². The molecule has 1 fully saturated rings. The Morgan fingerprint density at radius 3 is 2.78 bits per heavy atom. The van der Waals surface area contributed by atoms with Crippen LogP contribution in [0.15, 0.2) is 16.6 Å². The molecule has 23 heavy (non-hydrogen) atoms. The van der Waals surface area contributed by atoms with Crippen molar-refractivity contribution in [2.45, 2.75) is 45.8 Å². The lowest BCUT2D eigenvalue weighted by Gasteiger charge is -2.34. The van der Waals surface area contributed by atoms with Gasteiger partial charge in [-0.2, -0.15) is 0 Å². The van der Waals surface area contributed by atoms with Gasteiger partial charge in [-0.05, 0) is 51.0 Å². The molecule has 1 atom stereocenters. The van der Waals surface area contributed by atoms with E-state index in [2.05, 4.69) is 15.9 Å². The molecule has 1 heterocycles. The summed E-state index contributed by atoms with van der Waals surface area (Å²) in [4.78, 5) is 13.9. The van der Waals surface area contributed by atoms with Crippen LogP contribution in [0.4, 0.5) is 4.79 Å². The first-order valence-electron chi connectivity index (χ1n) is 7.70. The largest absolute Gasteiger partial charge is 0.444 e. The first kappa shape index (κ1) is 18.6. The van der Waals surface area contributed by atoms with E-state index in [1.807, 2.05) is 39.8 Å². The van der Waals surface area contributed by atoms with Crippen LogP contribution in [-0.2, 0) is 15.9 Å². The predicted molar refractivity (Wildman–Crippen MR) is 95.1 cm³/mol. The molecule has 6 heteroatoms. The van der Waals surface area contributed by atoms with Gasteiger partial charge >= 0.3 is 6.09 Å². The number of hydrogen-bond donors (Lipinski definition) is 0. The highest BCUT2D eigenvalue weighted by Gasteiger charge is 2.28. The molecule has 1 saturated heterocycles. The zero-order valence-electron chi connectivity index (χ0n) is 14.0. The Morgan fingerprint density at radius 2 is 2.17 bits per heavy atom. The highest BCUT2D eigenvalue weighted by atomic mass is 79.9. The van der Waals surface area contributed by atoms with Crippen molar-refractivity contribution in [1.29, 1.82) is 0 Å². The molecule has 1 aromatic rings. The SMILES string of the molecule is Cc1cc(Cl)cc(Br)c1C[C@@H]1CN(C(=O)OC(C)(C)C)CCO1. The summed E-state index contributed by atoms with van der Waals surface area (Å²) in [6.45, 7) is 9.26. The minimum Gasteiger partial charge on any atom is -0.444 e. The molecule has 1 aliphatic rings. The van der Waals surface area contributed by atoms with Crippen LogP contribution in [0.1, 0.15) is 31.9 Å². The molecule has 0 aliphatic carbocycles. The number of morpholine rings is 1. The Morgan fingerprint density at radius 1 is 1.48 bits per heavy atom. The number of hydrogen-bond acceptors (Lipinski definition) is 3. The number of amides is 1. The third kappa shape index (κ3) is 5.37. The van der Waals surface area contributed by atoms with Crippen molar-refractivity contribution in [2.75, 3.05) is 19.7 Å². The minimum atomic E-state index is -0.485. The van der Waals surface area contributed by atoms with Crippen LogP contribution >= 0.6 is 27.5 Å². The topological polar surface area (TPSA) is 38.8 Å². The van der Waals surface area contributed by atoms with E-state index in [0.717, 1.165) is 22.0 Å². The van der Waals surface area contributed by atoms with Crippen LogP contribution in [0.25, 0.3) is 0 Å². The summed E-state index contributed by atoms with van der Waals surface area (Å²) < 4.78 is 12.2. The van der Waals surface area contributed by atoms with E-state index in [4.69, 9.17) is 21.1 Å². The van der Waals surface area contributed by atoms with E-state index in [9.17, 15) is 4.79 Å². The summed E-state index contributed by atoms with van der Waals surface area (Å²) in [5.41, 5.74) is 1.79. The van der Waals surface area contributed by atoms with E-state index in [1.165, 1.54) is 0 Å². The van der Waals surface area contributed by atoms with Gasteiger partial charge in [0.25, 0.3) is 0 Å². The molecule has 0 aromatic heterocycles. The van der Waals surface area contributed by atoms with Gasteiger partial charge in [0, 0.05) is 22.5 Å².